The Kier molecular flexibility index (Phi) is 5.74. The smallest absolute Gasteiger partial charge is 0.328 e. The molecule has 2 aromatic rings. The van der Waals surface area contributed by atoms with Gasteiger partial charge < -0.3 is 10.1 Å². The van der Waals surface area contributed by atoms with Gasteiger partial charge in [0, 0.05) is 0 Å². The van der Waals surface area contributed by atoms with Gasteiger partial charge in [-0.05, 0) is 28.7 Å². The monoisotopic (exact) mass is 313 g/mol. The molecule has 4 heteroatoms. The Hall–Kier alpha value is -2.36. The zero-order valence-electron chi connectivity index (χ0n) is 13.8. The summed E-state index contributed by atoms with van der Waals surface area (Å²) in [6, 6.07) is 13.3. The first-order valence-corrected chi connectivity index (χ1v) is 7.85. The highest BCUT2D eigenvalue weighted by Crippen LogP contribution is 2.19. The molecule has 4 nitrogen and oxygen atoms in total. The maximum Gasteiger partial charge on any atom is 0.328 e. The van der Waals surface area contributed by atoms with Crippen LogP contribution < -0.4 is 5.32 Å². The Morgan fingerprint density at radius 1 is 1.09 bits per heavy atom. The third kappa shape index (κ3) is 4.55. The van der Waals surface area contributed by atoms with Gasteiger partial charge in [-0.25, -0.2) is 4.79 Å². The van der Waals surface area contributed by atoms with Crippen molar-refractivity contribution >= 4 is 22.6 Å². The van der Waals surface area contributed by atoms with Crippen molar-refractivity contribution in [2.75, 3.05) is 7.11 Å². The Bertz CT molecular complexity index is 689. The molecular weight excluding hydrogens is 290 g/mol. The number of nitrogens with one attached hydrogen (secondary N) is 1. The summed E-state index contributed by atoms with van der Waals surface area (Å²) in [5, 5.41) is 4.96. The molecule has 0 aromatic heterocycles. The van der Waals surface area contributed by atoms with Gasteiger partial charge in [-0.1, -0.05) is 56.3 Å². The molecule has 122 valence electrons. The van der Waals surface area contributed by atoms with Crippen LogP contribution in [0.15, 0.2) is 42.5 Å². The van der Waals surface area contributed by atoms with Crippen LogP contribution in [0, 0.1) is 5.92 Å². The first-order valence-electron chi connectivity index (χ1n) is 7.85. The van der Waals surface area contributed by atoms with Crippen LogP contribution in [-0.4, -0.2) is 25.0 Å². The van der Waals surface area contributed by atoms with E-state index in [9.17, 15) is 9.59 Å². The first kappa shape index (κ1) is 17.0. The standard InChI is InChI=1S/C19H23NO3/c1-13(2)11-17(19(22)23-3)20-18(21)12-15-9-6-8-14-7-4-5-10-16(14)15/h4-10,13,17H,11-12H2,1-3H3,(H,20,21)/t17-/m0/s1. The van der Waals surface area contributed by atoms with E-state index in [0.29, 0.717) is 6.42 Å². The second-order valence-electron chi connectivity index (χ2n) is 6.09. The zero-order valence-corrected chi connectivity index (χ0v) is 13.8. The maximum absolute atomic E-state index is 12.3. The van der Waals surface area contributed by atoms with Crippen molar-refractivity contribution < 1.29 is 14.3 Å². The van der Waals surface area contributed by atoms with Crippen LogP contribution in [0.1, 0.15) is 25.8 Å². The Morgan fingerprint density at radius 2 is 1.78 bits per heavy atom. The Balaban J connectivity index is 2.12. The number of fused-ring (bicyclic) bond motifs is 1. The maximum atomic E-state index is 12.3. The largest absolute Gasteiger partial charge is 0.467 e. The second kappa shape index (κ2) is 7.77. The number of carbonyl (C=O) groups is 2. The van der Waals surface area contributed by atoms with Crippen molar-refractivity contribution in [1.29, 1.82) is 0 Å². The normalized spacial score (nSPS) is 12.2. The molecule has 0 radical (unpaired) electrons. The van der Waals surface area contributed by atoms with Crippen molar-refractivity contribution in [3.8, 4) is 0 Å². The highest BCUT2D eigenvalue weighted by atomic mass is 16.5. The molecule has 0 aliphatic heterocycles. The van der Waals surface area contributed by atoms with E-state index in [1.54, 1.807) is 0 Å². The molecule has 0 bridgehead atoms. The Labute approximate surface area is 136 Å². The summed E-state index contributed by atoms with van der Waals surface area (Å²) in [6.07, 6.45) is 0.806. The van der Waals surface area contributed by atoms with Gasteiger partial charge in [-0.15, -0.1) is 0 Å². The van der Waals surface area contributed by atoms with Crippen LogP contribution in [0.3, 0.4) is 0 Å². The fourth-order valence-corrected chi connectivity index (χ4v) is 2.69. The number of rotatable bonds is 6. The SMILES string of the molecule is COC(=O)[C@H](CC(C)C)NC(=O)Cc1cccc2ccccc12. The molecular formula is C19H23NO3. The van der Waals surface area contributed by atoms with Gasteiger partial charge in [0.25, 0.3) is 0 Å². The molecule has 2 rings (SSSR count). The fraction of sp³-hybridized carbons (Fsp3) is 0.368. The number of esters is 1. The summed E-state index contributed by atoms with van der Waals surface area (Å²) in [4.78, 5) is 24.2. The number of hydrogen-bond acceptors (Lipinski definition) is 3. The van der Waals surface area contributed by atoms with Crippen molar-refractivity contribution in [3.05, 3.63) is 48.0 Å². The fourth-order valence-electron chi connectivity index (χ4n) is 2.69. The molecule has 1 amide bonds. The summed E-state index contributed by atoms with van der Waals surface area (Å²) in [6.45, 7) is 4.01. The van der Waals surface area contributed by atoms with Crippen LogP contribution >= 0.6 is 0 Å². The second-order valence-corrected chi connectivity index (χ2v) is 6.09. The third-order valence-electron chi connectivity index (χ3n) is 3.76. The van der Waals surface area contributed by atoms with Crippen LogP contribution in [0.2, 0.25) is 0 Å². The molecule has 0 saturated heterocycles. The summed E-state index contributed by atoms with van der Waals surface area (Å²) in [5.41, 5.74) is 0.953. The van der Waals surface area contributed by atoms with Gasteiger partial charge in [0.2, 0.25) is 5.91 Å². The average Bonchev–Trinajstić information content (AvgIpc) is 2.53. The highest BCUT2D eigenvalue weighted by molar-refractivity contribution is 5.91. The molecule has 0 unspecified atom stereocenters. The van der Waals surface area contributed by atoms with Crippen molar-refractivity contribution in [3.63, 3.8) is 0 Å². The van der Waals surface area contributed by atoms with Crippen LogP contribution in [0.4, 0.5) is 0 Å². The number of amides is 1. The van der Waals surface area contributed by atoms with Crippen LogP contribution in [0.5, 0.6) is 0 Å². The van der Waals surface area contributed by atoms with E-state index >= 15 is 0 Å². The van der Waals surface area contributed by atoms with E-state index in [1.807, 2.05) is 56.3 Å². The van der Waals surface area contributed by atoms with Gasteiger partial charge >= 0.3 is 5.97 Å². The summed E-state index contributed by atoms with van der Waals surface area (Å²) < 4.78 is 4.78. The minimum Gasteiger partial charge on any atom is -0.467 e. The molecule has 0 aliphatic rings. The molecule has 0 fully saturated rings. The molecule has 0 aliphatic carbocycles. The van der Waals surface area contributed by atoms with Crippen molar-refractivity contribution in [2.24, 2.45) is 5.92 Å². The third-order valence-corrected chi connectivity index (χ3v) is 3.76. The Morgan fingerprint density at radius 3 is 2.48 bits per heavy atom. The topological polar surface area (TPSA) is 55.4 Å². The predicted octanol–water partition coefficient (Wildman–Crippen LogP) is 3.09. The van der Waals surface area contributed by atoms with Crippen LogP contribution in [-0.2, 0) is 20.7 Å². The van der Waals surface area contributed by atoms with Crippen molar-refractivity contribution in [1.82, 2.24) is 5.32 Å². The summed E-state index contributed by atoms with van der Waals surface area (Å²) >= 11 is 0. The predicted molar refractivity (Wildman–Crippen MR) is 91.1 cm³/mol. The van der Waals surface area contributed by atoms with Gasteiger partial charge in [-0.2, -0.15) is 0 Å². The van der Waals surface area contributed by atoms with E-state index in [1.165, 1.54) is 7.11 Å². The molecule has 0 heterocycles. The average molecular weight is 313 g/mol. The molecule has 23 heavy (non-hydrogen) atoms. The number of benzene rings is 2. The first-order chi connectivity index (χ1) is 11.0. The van der Waals surface area contributed by atoms with Crippen LogP contribution in [0.25, 0.3) is 10.8 Å². The summed E-state index contributed by atoms with van der Waals surface area (Å²) in [5.74, 6) is -0.278. The lowest BCUT2D eigenvalue weighted by Crippen LogP contribution is -2.43. The van der Waals surface area contributed by atoms with Gasteiger partial charge in [0.15, 0.2) is 0 Å². The van der Waals surface area contributed by atoms with E-state index in [2.05, 4.69) is 5.32 Å². The molecule has 1 atom stereocenters. The molecule has 0 spiro atoms. The quantitative estimate of drug-likeness (QED) is 0.834. The van der Waals surface area contributed by atoms with Crippen molar-refractivity contribution in [2.45, 2.75) is 32.7 Å². The van der Waals surface area contributed by atoms with E-state index in [4.69, 9.17) is 4.74 Å². The minimum atomic E-state index is -0.595. The number of carbonyl (C=O) groups excluding carboxylic acids is 2. The highest BCUT2D eigenvalue weighted by Gasteiger charge is 2.22. The lowest BCUT2D eigenvalue weighted by molar-refractivity contribution is -0.145. The lowest BCUT2D eigenvalue weighted by atomic mass is 10.0. The van der Waals surface area contributed by atoms with Gasteiger partial charge in [-0.3, -0.25) is 4.79 Å². The van der Waals surface area contributed by atoms with E-state index in [-0.39, 0.29) is 18.2 Å². The molecule has 1 N–H and O–H groups in total. The zero-order chi connectivity index (χ0) is 16.8. The van der Waals surface area contributed by atoms with E-state index < -0.39 is 12.0 Å². The molecule has 2 aromatic carbocycles. The summed E-state index contributed by atoms with van der Waals surface area (Å²) in [7, 11) is 1.34. The minimum absolute atomic E-state index is 0.169. The number of methoxy groups -OCH3 is 1. The van der Waals surface area contributed by atoms with E-state index in [0.717, 1.165) is 16.3 Å². The van der Waals surface area contributed by atoms with Gasteiger partial charge in [0.1, 0.15) is 6.04 Å². The number of hydrogen-bond donors (Lipinski definition) is 1. The molecule has 0 saturated carbocycles. The lowest BCUT2D eigenvalue weighted by Gasteiger charge is -2.18. The number of ether oxygens (including phenoxy) is 1. The van der Waals surface area contributed by atoms with Gasteiger partial charge in [0.05, 0.1) is 13.5 Å².